The van der Waals surface area contributed by atoms with Gasteiger partial charge in [0.1, 0.15) is 0 Å². The van der Waals surface area contributed by atoms with Crippen LogP contribution in [0.4, 0.5) is 0 Å². The molecule has 1 N–H and O–H groups in total. The minimum atomic E-state index is -0.408. The van der Waals surface area contributed by atoms with Crippen LogP contribution in [0, 0.1) is 11.8 Å². The molecule has 1 heterocycles. The highest BCUT2D eigenvalue weighted by atomic mass is 16.7. The standard InChI is InChI=1S/C12H20O3/c13-10-4-2-1-3-9-5-6-12(11(9)10)14-7-8-15-12/h9-11,13H,1-8H2/t9-,10+,11-/m0/s1. The van der Waals surface area contributed by atoms with Crippen LogP contribution in [-0.2, 0) is 9.47 Å². The van der Waals surface area contributed by atoms with Crippen LogP contribution in [0.1, 0.15) is 38.5 Å². The van der Waals surface area contributed by atoms with E-state index in [-0.39, 0.29) is 12.0 Å². The molecular formula is C12H20O3. The van der Waals surface area contributed by atoms with Gasteiger partial charge < -0.3 is 14.6 Å². The first kappa shape index (κ1) is 10.1. The maximum absolute atomic E-state index is 10.2. The molecule has 15 heavy (non-hydrogen) atoms. The number of aliphatic hydroxyl groups excluding tert-OH is 1. The summed E-state index contributed by atoms with van der Waals surface area (Å²) in [7, 11) is 0. The van der Waals surface area contributed by atoms with Gasteiger partial charge in [-0.05, 0) is 25.2 Å². The van der Waals surface area contributed by atoms with E-state index in [4.69, 9.17) is 9.47 Å². The summed E-state index contributed by atoms with van der Waals surface area (Å²) in [6.45, 7) is 1.41. The molecule has 0 bridgehead atoms. The lowest BCUT2D eigenvalue weighted by Gasteiger charge is -2.34. The van der Waals surface area contributed by atoms with Crippen molar-refractivity contribution in [3.8, 4) is 0 Å². The van der Waals surface area contributed by atoms with Crippen LogP contribution in [0.2, 0.25) is 0 Å². The van der Waals surface area contributed by atoms with Crippen LogP contribution in [0.5, 0.6) is 0 Å². The van der Waals surface area contributed by atoms with Gasteiger partial charge in [-0.1, -0.05) is 12.8 Å². The normalized spacial score (nSPS) is 44.2. The van der Waals surface area contributed by atoms with Crippen molar-refractivity contribution in [3.63, 3.8) is 0 Å². The molecule has 3 fully saturated rings. The summed E-state index contributed by atoms with van der Waals surface area (Å²) in [6, 6.07) is 0. The SMILES string of the molecule is O[C@@H]1CCCC[C@H]2CCC3(OCCO3)[C@@H]21. The van der Waals surface area contributed by atoms with Gasteiger partial charge in [-0.15, -0.1) is 0 Å². The molecule has 0 aromatic heterocycles. The highest BCUT2D eigenvalue weighted by molar-refractivity contribution is 4.98. The van der Waals surface area contributed by atoms with E-state index in [0.29, 0.717) is 19.1 Å². The van der Waals surface area contributed by atoms with Gasteiger partial charge in [-0.3, -0.25) is 0 Å². The van der Waals surface area contributed by atoms with Gasteiger partial charge >= 0.3 is 0 Å². The minimum Gasteiger partial charge on any atom is -0.393 e. The van der Waals surface area contributed by atoms with Crippen LogP contribution in [0.15, 0.2) is 0 Å². The highest BCUT2D eigenvalue weighted by Crippen LogP contribution is 2.51. The number of hydrogen-bond acceptors (Lipinski definition) is 3. The topological polar surface area (TPSA) is 38.7 Å². The molecule has 1 saturated heterocycles. The summed E-state index contributed by atoms with van der Waals surface area (Å²) < 4.78 is 11.6. The Hall–Kier alpha value is -0.120. The lowest BCUT2D eigenvalue weighted by molar-refractivity contribution is -0.207. The molecule has 3 heteroatoms. The Morgan fingerprint density at radius 2 is 1.73 bits per heavy atom. The summed E-state index contributed by atoms with van der Waals surface area (Å²) in [6.07, 6.45) is 6.53. The highest BCUT2D eigenvalue weighted by Gasteiger charge is 2.55. The van der Waals surface area contributed by atoms with Crippen LogP contribution in [-0.4, -0.2) is 30.2 Å². The molecule has 0 amide bonds. The number of ether oxygens (including phenoxy) is 2. The van der Waals surface area contributed by atoms with Gasteiger partial charge in [-0.2, -0.15) is 0 Å². The molecule has 3 aliphatic rings. The molecule has 0 aromatic rings. The zero-order valence-corrected chi connectivity index (χ0v) is 9.15. The van der Waals surface area contributed by atoms with Gasteiger partial charge in [0.2, 0.25) is 0 Å². The molecular weight excluding hydrogens is 192 g/mol. The van der Waals surface area contributed by atoms with Crippen molar-refractivity contribution >= 4 is 0 Å². The van der Waals surface area contributed by atoms with Crippen molar-refractivity contribution in [2.24, 2.45) is 11.8 Å². The summed E-state index contributed by atoms with van der Waals surface area (Å²) in [5.41, 5.74) is 0. The summed E-state index contributed by atoms with van der Waals surface area (Å²) in [4.78, 5) is 0. The first-order valence-electron chi connectivity index (χ1n) is 6.28. The molecule has 2 aliphatic carbocycles. The number of rotatable bonds is 0. The van der Waals surface area contributed by atoms with Crippen molar-refractivity contribution in [2.75, 3.05) is 13.2 Å². The van der Waals surface area contributed by atoms with E-state index in [1.165, 1.54) is 19.3 Å². The Morgan fingerprint density at radius 3 is 2.53 bits per heavy atom. The minimum absolute atomic E-state index is 0.210. The van der Waals surface area contributed by atoms with Crippen molar-refractivity contribution in [2.45, 2.75) is 50.4 Å². The molecule has 86 valence electrons. The largest absolute Gasteiger partial charge is 0.393 e. The third-order valence-corrected chi connectivity index (χ3v) is 4.39. The Bertz CT molecular complexity index is 235. The van der Waals surface area contributed by atoms with Crippen molar-refractivity contribution in [3.05, 3.63) is 0 Å². The van der Waals surface area contributed by atoms with E-state index < -0.39 is 5.79 Å². The molecule has 2 saturated carbocycles. The van der Waals surface area contributed by atoms with Gasteiger partial charge in [0.15, 0.2) is 5.79 Å². The second-order valence-electron chi connectivity index (χ2n) is 5.19. The Kier molecular flexibility index (Phi) is 2.49. The maximum Gasteiger partial charge on any atom is 0.174 e. The van der Waals surface area contributed by atoms with E-state index in [0.717, 1.165) is 19.3 Å². The number of hydrogen-bond donors (Lipinski definition) is 1. The molecule has 3 nitrogen and oxygen atoms in total. The molecule has 3 rings (SSSR count). The Morgan fingerprint density at radius 1 is 1.00 bits per heavy atom. The van der Waals surface area contributed by atoms with E-state index in [2.05, 4.69) is 0 Å². The zero-order chi connectivity index (χ0) is 10.3. The predicted molar refractivity (Wildman–Crippen MR) is 55.3 cm³/mol. The smallest absolute Gasteiger partial charge is 0.174 e. The maximum atomic E-state index is 10.2. The Balaban J connectivity index is 1.86. The number of fused-ring (bicyclic) bond motifs is 2. The van der Waals surface area contributed by atoms with Crippen LogP contribution in [0.3, 0.4) is 0 Å². The first-order valence-corrected chi connectivity index (χ1v) is 6.28. The van der Waals surface area contributed by atoms with Gasteiger partial charge in [0, 0.05) is 12.3 Å². The van der Waals surface area contributed by atoms with Gasteiger partial charge in [0.05, 0.1) is 19.3 Å². The molecule has 1 aliphatic heterocycles. The summed E-state index contributed by atoms with van der Waals surface area (Å²) in [5.74, 6) is 0.456. The van der Waals surface area contributed by atoms with Crippen LogP contribution in [0.25, 0.3) is 0 Å². The second-order valence-corrected chi connectivity index (χ2v) is 5.19. The summed E-state index contributed by atoms with van der Waals surface area (Å²) >= 11 is 0. The van der Waals surface area contributed by atoms with Crippen molar-refractivity contribution in [1.29, 1.82) is 0 Å². The van der Waals surface area contributed by atoms with Crippen molar-refractivity contribution < 1.29 is 14.6 Å². The second kappa shape index (κ2) is 3.72. The average Bonchev–Trinajstić information content (AvgIpc) is 2.78. The van der Waals surface area contributed by atoms with E-state index in [1.54, 1.807) is 0 Å². The van der Waals surface area contributed by atoms with Crippen molar-refractivity contribution in [1.82, 2.24) is 0 Å². The predicted octanol–water partition coefficient (Wildman–Crippen LogP) is 1.69. The van der Waals surface area contributed by atoms with Crippen LogP contribution < -0.4 is 0 Å². The fourth-order valence-electron chi connectivity index (χ4n) is 3.77. The molecule has 0 unspecified atom stereocenters. The molecule has 0 aromatic carbocycles. The average molecular weight is 212 g/mol. The zero-order valence-electron chi connectivity index (χ0n) is 9.15. The third-order valence-electron chi connectivity index (χ3n) is 4.39. The van der Waals surface area contributed by atoms with Gasteiger partial charge in [0.25, 0.3) is 0 Å². The van der Waals surface area contributed by atoms with E-state index >= 15 is 0 Å². The lowest BCUT2D eigenvalue weighted by Crippen LogP contribution is -2.43. The number of aliphatic hydroxyl groups is 1. The first-order chi connectivity index (χ1) is 7.32. The Labute approximate surface area is 90.8 Å². The summed E-state index contributed by atoms with van der Waals surface area (Å²) in [5, 5.41) is 10.2. The fraction of sp³-hybridized carbons (Fsp3) is 1.00. The quantitative estimate of drug-likeness (QED) is 0.664. The third kappa shape index (κ3) is 1.52. The fourth-order valence-corrected chi connectivity index (χ4v) is 3.77. The molecule has 1 spiro atoms. The van der Waals surface area contributed by atoms with Gasteiger partial charge in [-0.25, -0.2) is 0 Å². The molecule has 0 radical (unpaired) electrons. The monoisotopic (exact) mass is 212 g/mol. The van der Waals surface area contributed by atoms with E-state index in [9.17, 15) is 5.11 Å². The lowest BCUT2D eigenvalue weighted by atomic mass is 9.86. The molecule has 3 atom stereocenters. The van der Waals surface area contributed by atoms with Crippen LogP contribution >= 0.6 is 0 Å². The van der Waals surface area contributed by atoms with E-state index in [1.807, 2.05) is 0 Å².